The van der Waals surface area contributed by atoms with Crippen molar-refractivity contribution in [1.82, 2.24) is 0 Å². The summed E-state index contributed by atoms with van der Waals surface area (Å²) in [6.07, 6.45) is 0. The van der Waals surface area contributed by atoms with E-state index in [0.717, 1.165) is 42.7 Å². The van der Waals surface area contributed by atoms with Gasteiger partial charge in [-0.3, -0.25) is 0 Å². The predicted octanol–water partition coefficient (Wildman–Crippen LogP) is 25.7. The number of fused-ring (bicyclic) bond motifs is 16. The third-order valence-corrected chi connectivity index (χ3v) is 21.0. The lowest BCUT2D eigenvalue weighted by Gasteiger charge is -2.20. The highest BCUT2D eigenvalue weighted by molar-refractivity contribution is 9.10. The lowest BCUT2D eigenvalue weighted by atomic mass is 9.72. The molecule has 0 bridgehead atoms. The van der Waals surface area contributed by atoms with Gasteiger partial charge in [0.1, 0.15) is 0 Å². The minimum absolute atomic E-state index is 0.551. The Bertz CT molecular complexity index is 6550. The first kappa shape index (κ1) is 60.4. The second-order valence-corrected chi connectivity index (χ2v) is 26.8. The molecule has 0 atom stereocenters. The molecule has 0 spiro atoms. The van der Waals surface area contributed by atoms with Crippen LogP contribution in [0.4, 0.5) is 0 Å². The van der Waals surface area contributed by atoms with Crippen LogP contribution in [-0.4, -0.2) is 17.2 Å². The van der Waals surface area contributed by atoms with Gasteiger partial charge in [-0.1, -0.05) is 356 Å². The standard InChI is InChI=1S/C48H30.C30H21BO2.C18H11Br/c1-3-18-36-31(13-1)15-12-26-37(36)33-16-11-17-34(29-33)47-41-22-7-9-24-43(41)48(44-25-10-8-23-42(44)47)45-30-35-28-27-32-14-2-4-19-38(32)46(35)40-21-6-5-20-39(40)45;32-31(33)30-27-16-5-3-14-25(27)29(26-15-4-6-17-28(26)30)22-12-7-11-21(19-22)24-18-8-10-20-9-1-2-13-23(20)24;19-17-11-13-10-9-12-5-1-2-6-14(12)18(13)16-8-4-3-7-15(16)17/h1-30H;1-19,32-33H;1-11H. The molecule has 20 aromatic carbocycles. The summed E-state index contributed by atoms with van der Waals surface area (Å²) in [4.78, 5) is 0. The molecule has 0 saturated heterocycles. The summed E-state index contributed by atoms with van der Waals surface area (Å²) < 4.78 is 1.16. The average molecular weight is 1340 g/mol. The van der Waals surface area contributed by atoms with Crippen molar-refractivity contribution in [3.8, 4) is 55.6 Å². The van der Waals surface area contributed by atoms with E-state index < -0.39 is 7.12 Å². The molecule has 468 valence electrons. The Morgan fingerprint density at radius 2 is 0.480 bits per heavy atom. The zero-order valence-corrected chi connectivity index (χ0v) is 56.1. The van der Waals surface area contributed by atoms with Crippen molar-refractivity contribution in [3.05, 3.63) is 368 Å². The Morgan fingerprint density at radius 3 is 0.920 bits per heavy atom. The fraction of sp³-hybridized carbons (Fsp3) is 0. The fourth-order valence-electron chi connectivity index (χ4n) is 16.0. The normalized spacial score (nSPS) is 11.6. The Morgan fingerprint density at radius 1 is 0.190 bits per heavy atom. The van der Waals surface area contributed by atoms with E-state index in [9.17, 15) is 10.0 Å². The van der Waals surface area contributed by atoms with E-state index in [1.54, 1.807) is 0 Å². The molecular formula is C96H62BBrO2. The second-order valence-electron chi connectivity index (χ2n) is 26.0. The average Bonchev–Trinajstić information content (AvgIpc) is 0.729. The van der Waals surface area contributed by atoms with E-state index in [-0.39, 0.29) is 0 Å². The van der Waals surface area contributed by atoms with Crippen LogP contribution in [-0.2, 0) is 0 Å². The van der Waals surface area contributed by atoms with Gasteiger partial charge < -0.3 is 10.0 Å². The summed E-state index contributed by atoms with van der Waals surface area (Å²) in [5.41, 5.74) is 12.7. The SMILES string of the molecule is Brc1cc2ccc3ccccc3c2c2ccccc12.OB(O)c1c2ccccc2c(-c2cccc(-c3cccc4ccccc34)c2)c2ccccc12.c1cc(-c2cccc3ccccc23)cc(-c2c3ccccc3c(-c3cc4ccc5ccccc5c4c4ccccc34)c3ccccc23)c1. The van der Waals surface area contributed by atoms with Gasteiger partial charge in [-0.15, -0.1) is 0 Å². The first-order chi connectivity index (χ1) is 49.4. The molecule has 2 N–H and O–H groups in total. The van der Waals surface area contributed by atoms with Gasteiger partial charge in [-0.05, 0) is 215 Å². The summed E-state index contributed by atoms with van der Waals surface area (Å²) in [7, 11) is -1.55. The first-order valence-corrected chi connectivity index (χ1v) is 34.9. The van der Waals surface area contributed by atoms with Crippen LogP contribution in [0.25, 0.3) is 185 Å². The zero-order valence-electron chi connectivity index (χ0n) is 54.5. The van der Waals surface area contributed by atoms with Crippen LogP contribution in [0, 0.1) is 0 Å². The molecule has 0 heterocycles. The van der Waals surface area contributed by atoms with E-state index in [1.807, 2.05) is 36.4 Å². The maximum Gasteiger partial charge on any atom is 0.489 e. The van der Waals surface area contributed by atoms with Crippen LogP contribution in [0.3, 0.4) is 0 Å². The van der Waals surface area contributed by atoms with E-state index >= 15 is 0 Å². The van der Waals surface area contributed by atoms with Crippen LogP contribution in [0.5, 0.6) is 0 Å². The molecule has 20 aromatic rings. The summed E-state index contributed by atoms with van der Waals surface area (Å²) in [5, 5.41) is 49.8. The smallest absolute Gasteiger partial charge is 0.423 e. The summed E-state index contributed by atoms with van der Waals surface area (Å²) >= 11 is 3.68. The van der Waals surface area contributed by atoms with Gasteiger partial charge in [0.25, 0.3) is 0 Å². The zero-order chi connectivity index (χ0) is 66.8. The lowest BCUT2D eigenvalue weighted by molar-refractivity contribution is 0.426. The van der Waals surface area contributed by atoms with Crippen molar-refractivity contribution in [2.75, 3.05) is 0 Å². The highest BCUT2D eigenvalue weighted by atomic mass is 79.9. The number of benzene rings is 20. The fourth-order valence-corrected chi connectivity index (χ4v) is 16.6. The maximum atomic E-state index is 10.2. The van der Waals surface area contributed by atoms with Gasteiger partial charge in [0, 0.05) is 4.47 Å². The van der Waals surface area contributed by atoms with E-state index in [0.29, 0.717) is 5.46 Å². The van der Waals surface area contributed by atoms with Crippen molar-refractivity contribution < 1.29 is 10.0 Å². The highest BCUT2D eigenvalue weighted by Crippen LogP contribution is 2.49. The molecule has 100 heavy (non-hydrogen) atoms. The number of rotatable bonds is 6. The van der Waals surface area contributed by atoms with Gasteiger partial charge in [0.15, 0.2) is 0 Å². The molecule has 0 aliphatic carbocycles. The quantitative estimate of drug-likeness (QED) is 0.0990. The molecule has 2 nitrogen and oxygen atoms in total. The number of hydrogen-bond acceptors (Lipinski definition) is 2. The van der Waals surface area contributed by atoms with Crippen molar-refractivity contribution in [3.63, 3.8) is 0 Å². The minimum Gasteiger partial charge on any atom is -0.423 e. The molecule has 20 rings (SSSR count). The molecule has 0 aliphatic heterocycles. The molecule has 0 fully saturated rings. The molecule has 4 heteroatoms. The maximum absolute atomic E-state index is 10.2. The molecule has 0 saturated carbocycles. The molecule has 0 radical (unpaired) electrons. The monoisotopic (exact) mass is 1340 g/mol. The van der Waals surface area contributed by atoms with Crippen LogP contribution in [0.15, 0.2) is 368 Å². The van der Waals surface area contributed by atoms with E-state index in [2.05, 4.69) is 344 Å². The lowest BCUT2D eigenvalue weighted by Crippen LogP contribution is -2.31. The molecular weight excluding hydrogens is 1280 g/mol. The van der Waals surface area contributed by atoms with Gasteiger partial charge in [0.05, 0.1) is 0 Å². The van der Waals surface area contributed by atoms with Crippen molar-refractivity contribution >= 4 is 158 Å². The Kier molecular flexibility index (Phi) is 15.4. The number of halogens is 1. The van der Waals surface area contributed by atoms with E-state index in [1.165, 1.54) is 147 Å². The third-order valence-electron chi connectivity index (χ3n) is 20.4. The highest BCUT2D eigenvalue weighted by Gasteiger charge is 2.24. The first-order valence-electron chi connectivity index (χ1n) is 34.1. The molecule has 0 unspecified atom stereocenters. The van der Waals surface area contributed by atoms with Gasteiger partial charge >= 0.3 is 7.12 Å². The van der Waals surface area contributed by atoms with Gasteiger partial charge in [0.2, 0.25) is 0 Å². The van der Waals surface area contributed by atoms with E-state index in [4.69, 9.17) is 0 Å². The van der Waals surface area contributed by atoms with Crippen molar-refractivity contribution in [2.24, 2.45) is 0 Å². The summed E-state index contributed by atoms with van der Waals surface area (Å²) in [5.74, 6) is 0. The summed E-state index contributed by atoms with van der Waals surface area (Å²) in [6.45, 7) is 0. The Labute approximate surface area is 587 Å². The van der Waals surface area contributed by atoms with Crippen LogP contribution in [0.2, 0.25) is 0 Å². The van der Waals surface area contributed by atoms with Crippen molar-refractivity contribution in [1.29, 1.82) is 0 Å². The Hall–Kier alpha value is -12.0. The van der Waals surface area contributed by atoms with Crippen LogP contribution in [0.1, 0.15) is 0 Å². The predicted molar refractivity (Wildman–Crippen MR) is 434 cm³/mol. The molecule has 0 amide bonds. The number of hydrogen-bond donors (Lipinski definition) is 2. The van der Waals surface area contributed by atoms with Gasteiger partial charge in [-0.25, -0.2) is 0 Å². The third kappa shape index (κ3) is 10.4. The Balaban J connectivity index is 0.000000119. The molecule has 0 aromatic heterocycles. The topological polar surface area (TPSA) is 40.5 Å². The van der Waals surface area contributed by atoms with Crippen molar-refractivity contribution in [2.45, 2.75) is 0 Å². The van der Waals surface area contributed by atoms with Gasteiger partial charge in [-0.2, -0.15) is 0 Å². The summed E-state index contributed by atoms with van der Waals surface area (Å²) in [6, 6.07) is 130. The largest absolute Gasteiger partial charge is 0.489 e. The minimum atomic E-state index is -1.55. The molecule has 0 aliphatic rings. The van der Waals surface area contributed by atoms with Crippen LogP contribution < -0.4 is 5.46 Å². The van der Waals surface area contributed by atoms with Crippen LogP contribution >= 0.6 is 15.9 Å². The second kappa shape index (κ2) is 25.4.